The fraction of sp³-hybridized carbons (Fsp3) is 0.208. The number of carbonyl (C=O) groups excluding carboxylic acids is 1. The molecule has 0 aliphatic carbocycles. The number of H-pyrrole nitrogens is 1. The highest BCUT2D eigenvalue weighted by atomic mass is 32.2. The van der Waals surface area contributed by atoms with Gasteiger partial charge in [0.15, 0.2) is 5.16 Å². The molecule has 0 unspecified atom stereocenters. The number of esters is 1. The second-order valence-electron chi connectivity index (χ2n) is 7.28. The van der Waals surface area contributed by atoms with E-state index in [9.17, 15) is 14.0 Å². The Hall–Kier alpha value is -3.39. The first-order valence-corrected chi connectivity index (χ1v) is 11.2. The molecule has 2 aromatic carbocycles. The number of anilines is 1. The van der Waals surface area contributed by atoms with Crippen LogP contribution < -0.4 is 10.9 Å². The summed E-state index contributed by atoms with van der Waals surface area (Å²) in [7, 11) is 0. The van der Waals surface area contributed by atoms with E-state index in [-0.39, 0.29) is 12.2 Å². The number of hydrogen-bond donors (Lipinski definition) is 2. The Bertz CT molecular complexity index is 1220. The Labute approximate surface area is 188 Å². The van der Waals surface area contributed by atoms with Crippen LogP contribution in [0.4, 0.5) is 10.2 Å². The highest BCUT2D eigenvalue weighted by Crippen LogP contribution is 2.40. The lowest BCUT2D eigenvalue weighted by atomic mass is 9.82. The van der Waals surface area contributed by atoms with Gasteiger partial charge in [0.05, 0.1) is 23.7 Å². The standard InChI is InChI=1S/C24H22FN3O3S/c1-3-31-23(30)18-14(2)26-21-20(19(18)16-9-11-17(25)12-10-16)22(29)28-24(27-21)32-13-15-7-5-4-6-8-15/h4-12,19H,3,13H2,1-2H3,(H2,26,27,28,29)/t19-/m0/s1. The first-order chi connectivity index (χ1) is 15.5. The van der Waals surface area contributed by atoms with E-state index >= 15 is 0 Å². The van der Waals surface area contributed by atoms with Crippen LogP contribution in [0.5, 0.6) is 0 Å². The van der Waals surface area contributed by atoms with Crippen molar-refractivity contribution in [3.8, 4) is 0 Å². The molecule has 0 saturated heterocycles. The third-order valence-electron chi connectivity index (χ3n) is 5.14. The molecular formula is C24H22FN3O3S. The smallest absolute Gasteiger partial charge is 0.336 e. The van der Waals surface area contributed by atoms with Crippen molar-refractivity contribution in [3.05, 3.63) is 98.7 Å². The van der Waals surface area contributed by atoms with Crippen molar-refractivity contribution in [2.45, 2.75) is 30.7 Å². The Morgan fingerprint density at radius 3 is 2.56 bits per heavy atom. The Morgan fingerprint density at radius 2 is 1.88 bits per heavy atom. The van der Waals surface area contributed by atoms with Crippen molar-refractivity contribution in [2.24, 2.45) is 0 Å². The molecule has 0 saturated carbocycles. The van der Waals surface area contributed by atoms with E-state index in [1.807, 2.05) is 30.3 Å². The van der Waals surface area contributed by atoms with Gasteiger partial charge in [-0.3, -0.25) is 4.79 Å². The summed E-state index contributed by atoms with van der Waals surface area (Å²) < 4.78 is 18.8. The second kappa shape index (κ2) is 9.40. The highest BCUT2D eigenvalue weighted by Gasteiger charge is 2.36. The molecule has 3 aromatic rings. The minimum Gasteiger partial charge on any atom is -0.463 e. The molecule has 1 atom stereocenters. The number of nitrogens with zero attached hydrogens (tertiary/aromatic N) is 1. The van der Waals surface area contributed by atoms with Crippen LogP contribution in [0.3, 0.4) is 0 Å². The van der Waals surface area contributed by atoms with E-state index < -0.39 is 17.7 Å². The summed E-state index contributed by atoms with van der Waals surface area (Å²) in [6.45, 7) is 3.66. The lowest BCUT2D eigenvalue weighted by Gasteiger charge is -2.28. The van der Waals surface area contributed by atoms with Gasteiger partial charge in [-0.05, 0) is 37.1 Å². The van der Waals surface area contributed by atoms with Gasteiger partial charge in [0, 0.05) is 11.4 Å². The number of ether oxygens (including phenoxy) is 1. The summed E-state index contributed by atoms with van der Waals surface area (Å²) >= 11 is 1.41. The van der Waals surface area contributed by atoms with Gasteiger partial charge in [-0.2, -0.15) is 0 Å². The van der Waals surface area contributed by atoms with Gasteiger partial charge < -0.3 is 15.0 Å². The van der Waals surface area contributed by atoms with Crippen molar-refractivity contribution in [1.82, 2.24) is 9.97 Å². The van der Waals surface area contributed by atoms with Crippen molar-refractivity contribution in [2.75, 3.05) is 11.9 Å². The number of thioether (sulfide) groups is 1. The minimum absolute atomic E-state index is 0.197. The minimum atomic E-state index is -0.727. The average molecular weight is 452 g/mol. The molecule has 8 heteroatoms. The van der Waals surface area contributed by atoms with Crippen molar-refractivity contribution in [1.29, 1.82) is 0 Å². The van der Waals surface area contributed by atoms with Gasteiger partial charge in [-0.25, -0.2) is 14.2 Å². The first kappa shape index (κ1) is 21.8. The quantitative estimate of drug-likeness (QED) is 0.324. The number of rotatable bonds is 6. The summed E-state index contributed by atoms with van der Waals surface area (Å²) in [5.74, 6) is -0.632. The average Bonchev–Trinajstić information content (AvgIpc) is 2.78. The Morgan fingerprint density at radius 1 is 1.16 bits per heavy atom. The molecule has 0 bridgehead atoms. The van der Waals surface area contributed by atoms with Crippen LogP contribution in [0.2, 0.25) is 0 Å². The van der Waals surface area contributed by atoms with Crippen molar-refractivity contribution < 1.29 is 13.9 Å². The third kappa shape index (κ3) is 4.45. The Kier molecular flexibility index (Phi) is 6.41. The molecular weight excluding hydrogens is 429 g/mol. The number of aromatic nitrogens is 2. The number of aromatic amines is 1. The maximum Gasteiger partial charge on any atom is 0.336 e. The fourth-order valence-corrected chi connectivity index (χ4v) is 4.51. The van der Waals surface area contributed by atoms with Crippen LogP contribution in [0.25, 0.3) is 0 Å². The molecule has 1 aliphatic heterocycles. The summed E-state index contributed by atoms with van der Waals surface area (Å²) in [6, 6.07) is 15.6. The normalized spacial score (nSPS) is 15.2. The van der Waals surface area contributed by atoms with Gasteiger partial charge in [-0.1, -0.05) is 54.2 Å². The van der Waals surface area contributed by atoms with E-state index in [4.69, 9.17) is 4.74 Å². The largest absolute Gasteiger partial charge is 0.463 e. The molecule has 0 radical (unpaired) electrons. The van der Waals surface area contributed by atoms with E-state index in [2.05, 4.69) is 15.3 Å². The molecule has 6 nitrogen and oxygen atoms in total. The van der Waals surface area contributed by atoms with E-state index in [0.29, 0.717) is 39.1 Å². The molecule has 2 N–H and O–H groups in total. The number of nitrogens with one attached hydrogen (secondary N) is 2. The lowest BCUT2D eigenvalue weighted by molar-refractivity contribution is -0.138. The number of hydrogen-bond acceptors (Lipinski definition) is 6. The van der Waals surface area contributed by atoms with Crippen LogP contribution in [0.15, 0.2) is 75.8 Å². The Balaban J connectivity index is 1.76. The van der Waals surface area contributed by atoms with Gasteiger partial charge in [-0.15, -0.1) is 0 Å². The molecule has 0 amide bonds. The zero-order valence-corrected chi connectivity index (χ0v) is 18.5. The SMILES string of the molecule is CCOC(=O)C1=C(C)Nc2nc(SCc3ccccc3)[nH]c(=O)c2[C@H]1c1ccc(F)cc1. The van der Waals surface area contributed by atoms with Crippen molar-refractivity contribution >= 4 is 23.5 Å². The topological polar surface area (TPSA) is 84.1 Å². The molecule has 164 valence electrons. The summed E-state index contributed by atoms with van der Waals surface area (Å²) in [5, 5.41) is 3.57. The molecule has 1 aliphatic rings. The zero-order chi connectivity index (χ0) is 22.7. The van der Waals surface area contributed by atoms with Gasteiger partial charge >= 0.3 is 5.97 Å². The van der Waals surface area contributed by atoms with E-state index in [0.717, 1.165) is 5.56 Å². The predicted octanol–water partition coefficient (Wildman–Crippen LogP) is 4.60. The van der Waals surface area contributed by atoms with Gasteiger partial charge in [0.25, 0.3) is 5.56 Å². The molecule has 2 heterocycles. The van der Waals surface area contributed by atoms with Crippen molar-refractivity contribution in [3.63, 3.8) is 0 Å². The van der Waals surface area contributed by atoms with Crippen LogP contribution in [0.1, 0.15) is 36.5 Å². The number of benzene rings is 2. The molecule has 1 aromatic heterocycles. The fourth-order valence-electron chi connectivity index (χ4n) is 3.69. The predicted molar refractivity (Wildman–Crippen MR) is 122 cm³/mol. The second-order valence-corrected chi connectivity index (χ2v) is 8.24. The van der Waals surface area contributed by atoms with Crippen LogP contribution >= 0.6 is 11.8 Å². The van der Waals surface area contributed by atoms with Crippen LogP contribution in [-0.4, -0.2) is 22.5 Å². The maximum absolute atomic E-state index is 13.6. The van der Waals surface area contributed by atoms with E-state index in [1.54, 1.807) is 26.0 Å². The maximum atomic E-state index is 13.6. The summed E-state index contributed by atoms with van der Waals surface area (Å²) in [4.78, 5) is 33.4. The van der Waals surface area contributed by atoms with E-state index in [1.165, 1.54) is 23.9 Å². The number of halogens is 1. The van der Waals surface area contributed by atoms with Gasteiger partial charge in [0.2, 0.25) is 0 Å². The molecule has 4 rings (SSSR count). The highest BCUT2D eigenvalue weighted by molar-refractivity contribution is 7.98. The molecule has 32 heavy (non-hydrogen) atoms. The summed E-state index contributed by atoms with van der Waals surface area (Å²) in [5.41, 5.74) is 2.51. The monoisotopic (exact) mass is 451 g/mol. The van der Waals surface area contributed by atoms with Crippen LogP contribution in [0, 0.1) is 5.82 Å². The third-order valence-corrected chi connectivity index (χ3v) is 6.08. The molecule has 0 spiro atoms. The first-order valence-electron chi connectivity index (χ1n) is 10.2. The number of carbonyl (C=O) groups is 1. The van der Waals surface area contributed by atoms with Gasteiger partial charge in [0.1, 0.15) is 11.6 Å². The molecule has 0 fully saturated rings. The van der Waals surface area contributed by atoms with Crippen LogP contribution in [-0.2, 0) is 15.3 Å². The zero-order valence-electron chi connectivity index (χ0n) is 17.6. The lowest BCUT2D eigenvalue weighted by Crippen LogP contribution is -2.31. The number of fused-ring (bicyclic) bond motifs is 1. The number of allylic oxidation sites excluding steroid dienone is 1. The summed E-state index contributed by atoms with van der Waals surface area (Å²) in [6.07, 6.45) is 0.